The molecule has 0 aromatic carbocycles. The summed E-state index contributed by atoms with van der Waals surface area (Å²) < 4.78 is 1.78. The van der Waals surface area contributed by atoms with Crippen LogP contribution in [0.1, 0.15) is 42.6 Å². The average molecular weight is 258 g/mol. The van der Waals surface area contributed by atoms with E-state index in [-0.39, 0.29) is 5.91 Å². The molecule has 5 heteroatoms. The van der Waals surface area contributed by atoms with Crippen LogP contribution < -0.4 is 0 Å². The van der Waals surface area contributed by atoms with Gasteiger partial charge in [-0.25, -0.2) is 9.97 Å². The van der Waals surface area contributed by atoms with Gasteiger partial charge in [-0.2, -0.15) is 0 Å². The van der Waals surface area contributed by atoms with Crippen LogP contribution in [0.2, 0.25) is 0 Å². The van der Waals surface area contributed by atoms with Crippen LogP contribution >= 0.6 is 0 Å². The Labute approximate surface area is 112 Å². The van der Waals surface area contributed by atoms with Gasteiger partial charge in [0.2, 0.25) is 5.78 Å². The summed E-state index contributed by atoms with van der Waals surface area (Å²) in [6.07, 6.45) is 11.2. The number of imidazole rings is 1. The lowest BCUT2D eigenvalue weighted by Crippen LogP contribution is -2.38. The fourth-order valence-electron chi connectivity index (χ4n) is 2.75. The second-order valence-electron chi connectivity index (χ2n) is 5.16. The molecule has 1 amide bonds. The zero-order chi connectivity index (χ0) is 13.2. The number of nitrogens with zero attached hydrogens (tertiary/aromatic N) is 4. The van der Waals surface area contributed by atoms with Gasteiger partial charge in [-0.05, 0) is 18.9 Å². The number of hydrogen-bond acceptors (Lipinski definition) is 3. The SMILES string of the molecule is CN(C(=O)c1cn2cccnc2n1)C1CCCCC1. The molecule has 3 rings (SSSR count). The molecule has 2 aromatic rings. The summed E-state index contributed by atoms with van der Waals surface area (Å²) in [6.45, 7) is 0. The van der Waals surface area contributed by atoms with Gasteiger partial charge in [0.05, 0.1) is 0 Å². The fraction of sp³-hybridized carbons (Fsp3) is 0.500. The molecule has 1 aliphatic rings. The summed E-state index contributed by atoms with van der Waals surface area (Å²) in [7, 11) is 1.88. The van der Waals surface area contributed by atoms with Crippen molar-refractivity contribution in [2.75, 3.05) is 7.05 Å². The van der Waals surface area contributed by atoms with Gasteiger partial charge < -0.3 is 4.90 Å². The molecular weight excluding hydrogens is 240 g/mol. The Morgan fingerprint density at radius 2 is 2.16 bits per heavy atom. The minimum Gasteiger partial charge on any atom is -0.337 e. The molecular formula is C14H18N4O. The van der Waals surface area contributed by atoms with E-state index in [1.165, 1.54) is 19.3 Å². The van der Waals surface area contributed by atoms with Gasteiger partial charge in [0.15, 0.2) is 0 Å². The maximum Gasteiger partial charge on any atom is 0.274 e. The molecule has 2 heterocycles. The second kappa shape index (κ2) is 4.99. The number of hydrogen-bond donors (Lipinski definition) is 0. The van der Waals surface area contributed by atoms with Crippen molar-refractivity contribution >= 4 is 11.7 Å². The van der Waals surface area contributed by atoms with Crippen LogP contribution in [0.5, 0.6) is 0 Å². The molecule has 0 spiro atoms. The summed E-state index contributed by atoms with van der Waals surface area (Å²) in [5.74, 6) is 0.570. The maximum absolute atomic E-state index is 12.4. The van der Waals surface area contributed by atoms with E-state index in [9.17, 15) is 4.79 Å². The van der Waals surface area contributed by atoms with Gasteiger partial charge in [0, 0.05) is 31.7 Å². The molecule has 0 aliphatic heterocycles. The molecule has 0 bridgehead atoms. The van der Waals surface area contributed by atoms with E-state index >= 15 is 0 Å². The first-order valence-corrected chi connectivity index (χ1v) is 6.82. The highest BCUT2D eigenvalue weighted by Gasteiger charge is 2.24. The van der Waals surface area contributed by atoms with Crippen LogP contribution in [-0.2, 0) is 0 Å². The molecule has 19 heavy (non-hydrogen) atoms. The minimum absolute atomic E-state index is 0.00241. The first-order chi connectivity index (χ1) is 9.25. The van der Waals surface area contributed by atoms with Gasteiger partial charge in [0.25, 0.3) is 5.91 Å². The molecule has 5 nitrogen and oxygen atoms in total. The number of carbonyl (C=O) groups is 1. The number of aromatic nitrogens is 3. The van der Waals surface area contributed by atoms with E-state index in [0.717, 1.165) is 12.8 Å². The Balaban J connectivity index is 1.82. The topological polar surface area (TPSA) is 50.5 Å². The van der Waals surface area contributed by atoms with Gasteiger partial charge >= 0.3 is 0 Å². The summed E-state index contributed by atoms with van der Waals surface area (Å²) in [4.78, 5) is 22.7. The van der Waals surface area contributed by atoms with Crippen molar-refractivity contribution in [3.63, 3.8) is 0 Å². The zero-order valence-electron chi connectivity index (χ0n) is 11.1. The molecule has 1 saturated carbocycles. The van der Waals surface area contributed by atoms with Crippen molar-refractivity contribution in [2.24, 2.45) is 0 Å². The molecule has 0 unspecified atom stereocenters. The van der Waals surface area contributed by atoms with Gasteiger partial charge in [-0.15, -0.1) is 0 Å². The van der Waals surface area contributed by atoms with Gasteiger partial charge in [-0.1, -0.05) is 19.3 Å². The summed E-state index contributed by atoms with van der Waals surface area (Å²) in [5, 5.41) is 0. The molecule has 2 aromatic heterocycles. The van der Waals surface area contributed by atoms with Crippen molar-refractivity contribution in [3.05, 3.63) is 30.4 Å². The first-order valence-electron chi connectivity index (χ1n) is 6.82. The lowest BCUT2D eigenvalue weighted by Gasteiger charge is -2.30. The average Bonchev–Trinajstić information content (AvgIpc) is 2.90. The predicted molar refractivity (Wildman–Crippen MR) is 72.0 cm³/mol. The minimum atomic E-state index is -0.00241. The Bertz CT molecular complexity index is 553. The molecule has 1 fully saturated rings. The zero-order valence-corrected chi connectivity index (χ0v) is 11.1. The van der Waals surface area contributed by atoms with Crippen LogP contribution in [0.3, 0.4) is 0 Å². The van der Waals surface area contributed by atoms with E-state index in [1.807, 2.05) is 24.2 Å². The Hall–Kier alpha value is -1.91. The molecule has 0 N–H and O–H groups in total. The largest absolute Gasteiger partial charge is 0.337 e. The van der Waals surface area contributed by atoms with Crippen LogP contribution in [0.4, 0.5) is 0 Å². The third kappa shape index (κ3) is 2.32. The summed E-state index contributed by atoms with van der Waals surface area (Å²) >= 11 is 0. The highest BCUT2D eigenvalue weighted by atomic mass is 16.2. The number of fused-ring (bicyclic) bond motifs is 1. The van der Waals surface area contributed by atoms with Gasteiger partial charge in [0.1, 0.15) is 5.69 Å². The fourth-order valence-corrected chi connectivity index (χ4v) is 2.75. The van der Waals surface area contributed by atoms with E-state index in [0.29, 0.717) is 17.5 Å². The lowest BCUT2D eigenvalue weighted by atomic mass is 9.94. The Kier molecular flexibility index (Phi) is 3.19. The van der Waals surface area contributed by atoms with Crippen molar-refractivity contribution in [1.82, 2.24) is 19.3 Å². The van der Waals surface area contributed by atoms with Crippen molar-refractivity contribution in [2.45, 2.75) is 38.1 Å². The number of amides is 1. The number of carbonyl (C=O) groups excluding carboxylic acids is 1. The van der Waals surface area contributed by atoms with Crippen molar-refractivity contribution in [1.29, 1.82) is 0 Å². The highest BCUT2D eigenvalue weighted by Crippen LogP contribution is 2.22. The first kappa shape index (κ1) is 12.1. The molecule has 1 aliphatic carbocycles. The number of rotatable bonds is 2. The van der Waals surface area contributed by atoms with E-state index in [1.54, 1.807) is 16.8 Å². The quantitative estimate of drug-likeness (QED) is 0.829. The monoisotopic (exact) mass is 258 g/mol. The Morgan fingerprint density at radius 1 is 1.37 bits per heavy atom. The molecule has 0 radical (unpaired) electrons. The van der Waals surface area contributed by atoms with E-state index < -0.39 is 0 Å². The smallest absolute Gasteiger partial charge is 0.274 e. The Morgan fingerprint density at radius 3 is 2.89 bits per heavy atom. The van der Waals surface area contributed by atoms with Crippen molar-refractivity contribution < 1.29 is 4.79 Å². The maximum atomic E-state index is 12.4. The third-order valence-corrected chi connectivity index (χ3v) is 3.90. The van der Waals surface area contributed by atoms with Crippen molar-refractivity contribution in [3.8, 4) is 0 Å². The normalized spacial score (nSPS) is 16.7. The standard InChI is InChI=1S/C14H18N4O/c1-17(11-6-3-2-4-7-11)13(19)12-10-18-9-5-8-15-14(18)16-12/h5,8-11H,2-4,6-7H2,1H3. The van der Waals surface area contributed by atoms with Crippen LogP contribution in [0, 0.1) is 0 Å². The highest BCUT2D eigenvalue weighted by molar-refractivity contribution is 5.92. The van der Waals surface area contributed by atoms with Crippen LogP contribution in [0.25, 0.3) is 5.78 Å². The lowest BCUT2D eigenvalue weighted by molar-refractivity contribution is 0.0691. The second-order valence-corrected chi connectivity index (χ2v) is 5.16. The van der Waals surface area contributed by atoms with Crippen LogP contribution in [-0.4, -0.2) is 38.3 Å². The predicted octanol–water partition coefficient (Wildman–Crippen LogP) is 2.13. The molecule has 100 valence electrons. The molecule has 0 saturated heterocycles. The summed E-state index contributed by atoms with van der Waals surface area (Å²) in [6, 6.07) is 2.19. The van der Waals surface area contributed by atoms with E-state index in [4.69, 9.17) is 0 Å². The van der Waals surface area contributed by atoms with Gasteiger partial charge in [-0.3, -0.25) is 9.20 Å². The third-order valence-electron chi connectivity index (χ3n) is 3.90. The van der Waals surface area contributed by atoms with E-state index in [2.05, 4.69) is 9.97 Å². The molecule has 0 atom stereocenters. The van der Waals surface area contributed by atoms with Crippen LogP contribution in [0.15, 0.2) is 24.7 Å². The summed E-state index contributed by atoms with van der Waals surface area (Å²) in [5.41, 5.74) is 0.478.